The molecule has 0 aromatic carbocycles. The minimum Gasteiger partial charge on any atom is -0.494 e. The maximum atomic E-state index is 11.5. The Balaban J connectivity index is 2.00. The molecule has 8 heteroatoms. The van der Waals surface area contributed by atoms with Crippen molar-refractivity contribution in [2.24, 2.45) is 12.0 Å². The highest BCUT2D eigenvalue weighted by Gasteiger charge is 2.08. The lowest BCUT2D eigenvalue weighted by Gasteiger charge is -2.03. The molecule has 0 bridgehead atoms. The van der Waals surface area contributed by atoms with Crippen molar-refractivity contribution in [1.29, 1.82) is 0 Å². The van der Waals surface area contributed by atoms with Crippen molar-refractivity contribution in [3.8, 4) is 5.88 Å². The highest BCUT2D eigenvalue weighted by Crippen LogP contribution is 2.05. The summed E-state index contributed by atoms with van der Waals surface area (Å²) in [5, 5.41) is 9.71. The van der Waals surface area contributed by atoms with Crippen LogP contribution in [-0.4, -0.2) is 37.0 Å². The lowest BCUT2D eigenvalue weighted by atomic mass is 10.3. The van der Waals surface area contributed by atoms with Crippen molar-refractivity contribution in [2.75, 3.05) is 6.54 Å². The number of hydrogen-bond donors (Lipinski definition) is 2. The molecule has 2 heterocycles. The van der Waals surface area contributed by atoms with Gasteiger partial charge in [0.05, 0.1) is 6.33 Å². The van der Waals surface area contributed by atoms with Crippen LogP contribution < -0.4 is 11.2 Å². The number of hydrogen-bond acceptors (Lipinski definition) is 5. The molecule has 0 unspecified atom stereocenters. The Morgan fingerprint density at radius 1 is 1.50 bits per heavy atom. The fourth-order valence-corrected chi connectivity index (χ4v) is 1.66. The standard InChI is InChI=1S/C12H15N5O3/c1-16-11(19)9(10(18)15-12(16)20)7-13-3-2-5-17-6-4-14-8-17/h4,6-8,19H,2-3,5H2,1H3,(H,15,18,20). The van der Waals surface area contributed by atoms with Crippen molar-refractivity contribution in [2.45, 2.75) is 13.0 Å². The Hall–Kier alpha value is -2.64. The van der Waals surface area contributed by atoms with Crippen LogP contribution in [0.1, 0.15) is 12.0 Å². The monoisotopic (exact) mass is 277 g/mol. The molecule has 2 N–H and O–H groups in total. The molecule has 0 saturated carbocycles. The molecule has 2 aromatic rings. The molecule has 0 atom stereocenters. The average Bonchev–Trinajstić information content (AvgIpc) is 2.92. The van der Waals surface area contributed by atoms with Gasteiger partial charge in [0.2, 0.25) is 5.88 Å². The van der Waals surface area contributed by atoms with E-state index in [9.17, 15) is 14.7 Å². The van der Waals surface area contributed by atoms with Gasteiger partial charge in [-0.3, -0.25) is 19.3 Å². The molecule has 2 aromatic heterocycles. The number of aromatic amines is 1. The Bertz CT molecular complexity index is 712. The summed E-state index contributed by atoms with van der Waals surface area (Å²) >= 11 is 0. The van der Waals surface area contributed by atoms with Gasteiger partial charge in [-0.15, -0.1) is 0 Å². The van der Waals surface area contributed by atoms with Gasteiger partial charge in [-0.05, 0) is 6.42 Å². The molecule has 8 nitrogen and oxygen atoms in total. The van der Waals surface area contributed by atoms with E-state index in [1.165, 1.54) is 13.3 Å². The lowest BCUT2D eigenvalue weighted by molar-refractivity contribution is 0.417. The van der Waals surface area contributed by atoms with E-state index in [1.54, 1.807) is 12.5 Å². The third-order valence-electron chi connectivity index (χ3n) is 2.81. The van der Waals surface area contributed by atoms with Crippen LogP contribution in [0.2, 0.25) is 0 Å². The number of aromatic nitrogens is 4. The number of H-pyrrole nitrogens is 1. The minimum absolute atomic E-state index is 0.0188. The van der Waals surface area contributed by atoms with E-state index in [2.05, 4.69) is 15.0 Å². The predicted molar refractivity (Wildman–Crippen MR) is 73.3 cm³/mol. The molecule has 0 saturated heterocycles. The predicted octanol–water partition coefficient (Wildman–Crippen LogP) is -0.515. The Kier molecular flexibility index (Phi) is 4.14. The summed E-state index contributed by atoms with van der Waals surface area (Å²) in [6.07, 6.45) is 7.32. The zero-order valence-electron chi connectivity index (χ0n) is 11.0. The van der Waals surface area contributed by atoms with E-state index in [4.69, 9.17) is 0 Å². The third-order valence-corrected chi connectivity index (χ3v) is 2.81. The highest BCUT2D eigenvalue weighted by atomic mass is 16.3. The molecule has 0 aliphatic heterocycles. The Morgan fingerprint density at radius 2 is 2.30 bits per heavy atom. The van der Waals surface area contributed by atoms with Crippen molar-refractivity contribution in [3.63, 3.8) is 0 Å². The summed E-state index contributed by atoms with van der Waals surface area (Å²) in [6, 6.07) is 0. The number of nitrogens with one attached hydrogen (secondary N) is 1. The van der Waals surface area contributed by atoms with E-state index in [1.807, 2.05) is 10.8 Å². The van der Waals surface area contributed by atoms with Crippen LogP contribution in [0.25, 0.3) is 0 Å². The summed E-state index contributed by atoms with van der Waals surface area (Å²) in [5.74, 6) is -0.392. The summed E-state index contributed by atoms with van der Waals surface area (Å²) in [4.78, 5) is 32.8. The van der Waals surface area contributed by atoms with Gasteiger partial charge in [-0.1, -0.05) is 0 Å². The number of aromatic hydroxyl groups is 1. The van der Waals surface area contributed by atoms with Crippen LogP contribution in [0.4, 0.5) is 0 Å². The number of aryl methyl sites for hydroxylation is 1. The van der Waals surface area contributed by atoms with Crippen LogP contribution in [0.3, 0.4) is 0 Å². The summed E-state index contributed by atoms with van der Waals surface area (Å²) in [6.45, 7) is 1.27. The first-order chi connectivity index (χ1) is 9.59. The smallest absolute Gasteiger partial charge is 0.330 e. The summed E-state index contributed by atoms with van der Waals surface area (Å²) in [7, 11) is 1.37. The topological polar surface area (TPSA) is 105 Å². The third kappa shape index (κ3) is 3.02. The maximum Gasteiger partial charge on any atom is 0.330 e. The van der Waals surface area contributed by atoms with Gasteiger partial charge in [-0.25, -0.2) is 9.78 Å². The van der Waals surface area contributed by atoms with Crippen molar-refractivity contribution >= 4 is 6.21 Å². The first-order valence-corrected chi connectivity index (χ1v) is 6.07. The average molecular weight is 277 g/mol. The molecular formula is C12H15N5O3. The van der Waals surface area contributed by atoms with Gasteiger partial charge < -0.3 is 9.67 Å². The quantitative estimate of drug-likeness (QED) is 0.567. The second-order valence-electron chi connectivity index (χ2n) is 4.24. The van der Waals surface area contributed by atoms with Crippen molar-refractivity contribution in [1.82, 2.24) is 19.1 Å². The molecular weight excluding hydrogens is 262 g/mol. The van der Waals surface area contributed by atoms with Crippen LogP contribution in [0.15, 0.2) is 33.3 Å². The summed E-state index contributed by atoms with van der Waals surface area (Å²) in [5.41, 5.74) is -1.33. The normalized spacial score (nSPS) is 11.2. The SMILES string of the molecule is Cn1c(O)c(C=NCCCn2ccnc2)c(=O)[nH]c1=O. The zero-order chi connectivity index (χ0) is 14.5. The van der Waals surface area contributed by atoms with Gasteiger partial charge in [0, 0.05) is 38.7 Å². The fraction of sp³-hybridized carbons (Fsp3) is 0.333. The number of imidazole rings is 1. The van der Waals surface area contributed by atoms with Gasteiger partial charge >= 0.3 is 5.69 Å². The maximum absolute atomic E-state index is 11.5. The van der Waals surface area contributed by atoms with Crippen LogP contribution >= 0.6 is 0 Å². The summed E-state index contributed by atoms with van der Waals surface area (Å²) < 4.78 is 2.88. The van der Waals surface area contributed by atoms with Crippen LogP contribution in [0.5, 0.6) is 5.88 Å². The van der Waals surface area contributed by atoms with E-state index in [-0.39, 0.29) is 5.56 Å². The second kappa shape index (κ2) is 6.00. The number of rotatable bonds is 5. The molecule has 20 heavy (non-hydrogen) atoms. The second-order valence-corrected chi connectivity index (χ2v) is 4.24. The molecule has 0 spiro atoms. The van der Waals surface area contributed by atoms with Gasteiger partial charge in [0.1, 0.15) is 5.56 Å². The molecule has 0 aliphatic carbocycles. The van der Waals surface area contributed by atoms with E-state index >= 15 is 0 Å². The first kappa shape index (κ1) is 13.8. The van der Waals surface area contributed by atoms with Gasteiger partial charge in [-0.2, -0.15) is 0 Å². The number of nitrogens with zero attached hydrogens (tertiary/aromatic N) is 4. The van der Waals surface area contributed by atoms with Crippen LogP contribution in [-0.2, 0) is 13.6 Å². The molecule has 0 fully saturated rings. The zero-order valence-corrected chi connectivity index (χ0v) is 11.0. The molecule has 106 valence electrons. The van der Waals surface area contributed by atoms with E-state index in [0.29, 0.717) is 6.54 Å². The molecule has 2 rings (SSSR count). The first-order valence-electron chi connectivity index (χ1n) is 6.07. The van der Waals surface area contributed by atoms with E-state index in [0.717, 1.165) is 17.5 Å². The molecule has 0 amide bonds. The van der Waals surface area contributed by atoms with Crippen LogP contribution in [0, 0.1) is 0 Å². The van der Waals surface area contributed by atoms with Gasteiger partial charge in [0.15, 0.2) is 0 Å². The minimum atomic E-state index is -0.662. The molecule has 0 radical (unpaired) electrons. The van der Waals surface area contributed by atoms with E-state index < -0.39 is 17.1 Å². The molecule has 0 aliphatic rings. The van der Waals surface area contributed by atoms with Crippen molar-refractivity contribution < 1.29 is 5.11 Å². The van der Waals surface area contributed by atoms with Crippen molar-refractivity contribution in [3.05, 3.63) is 45.1 Å². The lowest BCUT2D eigenvalue weighted by Crippen LogP contribution is -2.30. The largest absolute Gasteiger partial charge is 0.494 e. The Labute approximate surface area is 114 Å². The highest BCUT2D eigenvalue weighted by molar-refractivity contribution is 5.81. The fourth-order valence-electron chi connectivity index (χ4n) is 1.66. The van der Waals surface area contributed by atoms with Gasteiger partial charge in [0.25, 0.3) is 5.56 Å². The number of aliphatic imine (C=N–C) groups is 1. The Morgan fingerprint density at radius 3 is 3.00 bits per heavy atom.